The minimum absolute atomic E-state index is 0.0941. The summed E-state index contributed by atoms with van der Waals surface area (Å²) in [6.45, 7) is 0.852. The van der Waals surface area contributed by atoms with Crippen LogP contribution in [-0.2, 0) is 9.53 Å². The zero-order chi connectivity index (χ0) is 15.2. The van der Waals surface area contributed by atoms with E-state index >= 15 is 0 Å². The summed E-state index contributed by atoms with van der Waals surface area (Å²) in [6.07, 6.45) is 5.18. The maximum Gasteiger partial charge on any atom is 0.224 e. The lowest BCUT2D eigenvalue weighted by atomic mass is 10.1. The Morgan fingerprint density at radius 1 is 1.27 bits per heavy atom. The van der Waals surface area contributed by atoms with Crippen molar-refractivity contribution in [2.75, 3.05) is 23.4 Å². The summed E-state index contributed by atoms with van der Waals surface area (Å²) in [5, 5.41) is 3.03. The topological polar surface area (TPSA) is 38.3 Å². The van der Waals surface area contributed by atoms with Crippen LogP contribution in [0.2, 0.25) is 0 Å². The van der Waals surface area contributed by atoms with Crippen LogP contribution in [0.5, 0.6) is 0 Å². The zero-order valence-corrected chi connectivity index (χ0v) is 14.4. The molecule has 0 bridgehead atoms. The summed E-state index contributed by atoms with van der Waals surface area (Å²) >= 11 is 4.01. The molecule has 2 saturated heterocycles. The number of hydrogen-bond acceptors (Lipinski definition) is 4. The van der Waals surface area contributed by atoms with Crippen molar-refractivity contribution in [3.8, 4) is 0 Å². The monoisotopic (exact) mass is 337 g/mol. The molecule has 1 amide bonds. The van der Waals surface area contributed by atoms with Gasteiger partial charge in [-0.1, -0.05) is 12.1 Å². The molecular weight excluding hydrogens is 314 g/mol. The van der Waals surface area contributed by atoms with E-state index in [-0.39, 0.29) is 12.0 Å². The first-order valence-electron chi connectivity index (χ1n) is 8.06. The highest BCUT2D eigenvalue weighted by Crippen LogP contribution is 2.44. The van der Waals surface area contributed by atoms with E-state index in [2.05, 4.69) is 17.4 Å². The van der Waals surface area contributed by atoms with Crippen LogP contribution in [0.3, 0.4) is 0 Å². The molecule has 1 aromatic carbocycles. The number of ether oxygens (including phenoxy) is 1. The van der Waals surface area contributed by atoms with Gasteiger partial charge in [0.15, 0.2) is 0 Å². The van der Waals surface area contributed by atoms with E-state index in [0.717, 1.165) is 31.6 Å². The molecule has 2 heterocycles. The molecule has 0 aromatic heterocycles. The molecule has 3 nitrogen and oxygen atoms in total. The minimum Gasteiger partial charge on any atom is -0.378 e. The van der Waals surface area contributed by atoms with E-state index in [1.165, 1.54) is 23.5 Å². The minimum atomic E-state index is 0.0941. The first kappa shape index (κ1) is 16.2. The molecule has 0 aliphatic carbocycles. The maximum absolute atomic E-state index is 12.1. The number of carbonyl (C=O) groups is 1. The van der Waals surface area contributed by atoms with E-state index in [4.69, 9.17) is 4.74 Å². The number of amides is 1. The van der Waals surface area contributed by atoms with Gasteiger partial charge in [-0.25, -0.2) is 0 Å². The van der Waals surface area contributed by atoms with Crippen LogP contribution in [-0.4, -0.2) is 30.1 Å². The maximum atomic E-state index is 12.1. The molecule has 2 aliphatic heterocycles. The normalized spacial score (nSPS) is 22.6. The van der Waals surface area contributed by atoms with Crippen LogP contribution >= 0.6 is 23.5 Å². The van der Waals surface area contributed by atoms with Gasteiger partial charge in [-0.3, -0.25) is 4.79 Å². The summed E-state index contributed by atoms with van der Waals surface area (Å²) in [4.78, 5) is 12.1. The third kappa shape index (κ3) is 4.67. The molecule has 3 rings (SSSR count). The van der Waals surface area contributed by atoms with Crippen molar-refractivity contribution < 1.29 is 9.53 Å². The fourth-order valence-corrected chi connectivity index (χ4v) is 5.70. The number of nitrogens with one attached hydrogen (secondary N) is 1. The van der Waals surface area contributed by atoms with Crippen molar-refractivity contribution in [3.05, 3.63) is 29.8 Å². The third-order valence-electron chi connectivity index (χ3n) is 3.99. The molecule has 0 unspecified atom stereocenters. The Kier molecular flexibility index (Phi) is 6.10. The largest absolute Gasteiger partial charge is 0.378 e. The van der Waals surface area contributed by atoms with Crippen molar-refractivity contribution >= 4 is 35.1 Å². The highest BCUT2D eigenvalue weighted by Gasteiger charge is 2.18. The molecular formula is C17H23NO2S2. The second kappa shape index (κ2) is 8.27. The predicted molar refractivity (Wildman–Crippen MR) is 95.6 cm³/mol. The summed E-state index contributed by atoms with van der Waals surface area (Å²) < 4.78 is 6.08. The van der Waals surface area contributed by atoms with E-state index in [0.29, 0.717) is 11.0 Å². The molecule has 120 valence electrons. The average Bonchev–Trinajstić information content (AvgIpc) is 3.08. The molecule has 1 N–H and O–H groups in total. The van der Waals surface area contributed by atoms with E-state index in [9.17, 15) is 4.79 Å². The smallest absolute Gasteiger partial charge is 0.224 e. The second-order valence-electron chi connectivity index (χ2n) is 5.77. The van der Waals surface area contributed by atoms with E-state index < -0.39 is 0 Å². The quantitative estimate of drug-likeness (QED) is 0.861. The molecule has 0 radical (unpaired) electrons. The van der Waals surface area contributed by atoms with Crippen LogP contribution in [0.25, 0.3) is 0 Å². The lowest BCUT2D eigenvalue weighted by Gasteiger charge is -2.21. The van der Waals surface area contributed by atoms with Crippen LogP contribution in [0.1, 0.15) is 42.2 Å². The highest BCUT2D eigenvalue weighted by molar-refractivity contribution is 8.16. The van der Waals surface area contributed by atoms with Crippen molar-refractivity contribution in [1.82, 2.24) is 0 Å². The zero-order valence-electron chi connectivity index (χ0n) is 12.8. The fraction of sp³-hybridized carbons (Fsp3) is 0.588. The van der Waals surface area contributed by atoms with Crippen LogP contribution in [0.4, 0.5) is 5.69 Å². The summed E-state index contributed by atoms with van der Waals surface area (Å²) in [5.41, 5.74) is 2.23. The molecule has 22 heavy (non-hydrogen) atoms. The fourth-order valence-electron chi connectivity index (χ4n) is 2.83. The molecule has 2 aliphatic rings. The average molecular weight is 338 g/mol. The Morgan fingerprint density at radius 3 is 2.91 bits per heavy atom. The summed E-state index contributed by atoms with van der Waals surface area (Å²) in [7, 11) is 0. The van der Waals surface area contributed by atoms with E-state index in [1.54, 1.807) is 0 Å². The Bertz CT molecular complexity index is 497. The van der Waals surface area contributed by atoms with Gasteiger partial charge in [-0.2, -0.15) is 0 Å². The molecule has 0 saturated carbocycles. The number of thioether (sulfide) groups is 2. The van der Waals surface area contributed by atoms with Crippen LogP contribution in [0, 0.1) is 0 Å². The SMILES string of the molecule is O=C(CC[C@H]1CCCO1)Nc1cccc(C2SCCCS2)c1. The Labute approximate surface area is 141 Å². The van der Waals surface area contributed by atoms with Gasteiger partial charge >= 0.3 is 0 Å². The molecule has 0 spiro atoms. The van der Waals surface area contributed by atoms with Crippen molar-refractivity contribution in [2.45, 2.75) is 42.8 Å². The number of benzene rings is 1. The van der Waals surface area contributed by atoms with Gasteiger partial charge in [0.1, 0.15) is 0 Å². The predicted octanol–water partition coefficient (Wildman–Crippen LogP) is 4.45. The Hall–Kier alpha value is -0.650. The van der Waals surface area contributed by atoms with Gasteiger partial charge in [0, 0.05) is 18.7 Å². The number of carbonyl (C=O) groups excluding carboxylic acids is 1. The van der Waals surface area contributed by atoms with Gasteiger partial charge in [0.25, 0.3) is 0 Å². The second-order valence-corrected chi connectivity index (χ2v) is 8.50. The van der Waals surface area contributed by atoms with Gasteiger partial charge < -0.3 is 10.1 Å². The molecule has 1 aromatic rings. The standard InChI is InChI=1S/C17H23NO2S2/c19-16(8-7-15-6-2-9-20-15)18-14-5-1-4-13(12-14)17-21-10-3-11-22-17/h1,4-5,12,15,17H,2-3,6-11H2,(H,18,19)/t15-/m1/s1. The van der Waals surface area contributed by atoms with Crippen molar-refractivity contribution in [2.24, 2.45) is 0 Å². The first-order chi connectivity index (χ1) is 10.8. The summed E-state index contributed by atoms with van der Waals surface area (Å²) in [6, 6.07) is 8.31. The molecule has 1 atom stereocenters. The van der Waals surface area contributed by atoms with Crippen molar-refractivity contribution in [3.63, 3.8) is 0 Å². The lowest BCUT2D eigenvalue weighted by molar-refractivity contribution is -0.116. The molecule has 5 heteroatoms. The Balaban J connectivity index is 1.51. The number of hydrogen-bond donors (Lipinski definition) is 1. The van der Waals surface area contributed by atoms with Gasteiger partial charge in [0.05, 0.1) is 10.7 Å². The van der Waals surface area contributed by atoms with Gasteiger partial charge in [-0.05, 0) is 54.9 Å². The van der Waals surface area contributed by atoms with Gasteiger partial charge in [0.2, 0.25) is 5.91 Å². The number of rotatable bonds is 5. The third-order valence-corrected chi connectivity index (χ3v) is 7.00. The van der Waals surface area contributed by atoms with Gasteiger partial charge in [-0.15, -0.1) is 23.5 Å². The Morgan fingerprint density at radius 2 is 2.14 bits per heavy atom. The van der Waals surface area contributed by atoms with E-state index in [1.807, 2.05) is 35.7 Å². The summed E-state index contributed by atoms with van der Waals surface area (Å²) in [5.74, 6) is 2.56. The first-order valence-corrected chi connectivity index (χ1v) is 10.2. The molecule has 2 fully saturated rings. The van der Waals surface area contributed by atoms with Crippen molar-refractivity contribution in [1.29, 1.82) is 0 Å². The lowest BCUT2D eigenvalue weighted by Crippen LogP contribution is -2.15. The highest BCUT2D eigenvalue weighted by atomic mass is 32.2. The number of anilines is 1. The van der Waals surface area contributed by atoms with Crippen LogP contribution < -0.4 is 5.32 Å². The van der Waals surface area contributed by atoms with Crippen LogP contribution in [0.15, 0.2) is 24.3 Å².